The summed E-state index contributed by atoms with van der Waals surface area (Å²) in [5, 5.41) is 0. The van der Waals surface area contributed by atoms with Crippen LogP contribution in [-0.4, -0.2) is 53.9 Å². The van der Waals surface area contributed by atoms with E-state index in [2.05, 4.69) is 11.9 Å². The molecule has 0 aromatic heterocycles. The number of carbonyl (C=O) groups is 1. The lowest BCUT2D eigenvalue weighted by Gasteiger charge is -2.26. The minimum absolute atomic E-state index is 0.151. The van der Waals surface area contributed by atoms with E-state index in [0.717, 1.165) is 24.2 Å². The minimum Gasteiger partial charge on any atom is -0.389 e. The van der Waals surface area contributed by atoms with Crippen molar-refractivity contribution in [2.45, 2.75) is 25.3 Å². The van der Waals surface area contributed by atoms with Gasteiger partial charge in [0.25, 0.3) is 0 Å². The zero-order valence-electron chi connectivity index (χ0n) is 12.7. The second-order valence-corrected chi connectivity index (χ2v) is 6.23. The quantitative estimate of drug-likeness (QED) is 0.836. The largest absolute Gasteiger partial charge is 0.389 e. The van der Waals surface area contributed by atoms with Gasteiger partial charge in [0.15, 0.2) is 0 Å². The lowest BCUT2D eigenvalue weighted by atomic mass is 10.1. The fraction of sp³-hybridized carbons (Fsp3) is 0.500. The zero-order valence-corrected chi connectivity index (χ0v) is 13.5. The van der Waals surface area contributed by atoms with Gasteiger partial charge in [-0.1, -0.05) is 36.5 Å². The molecule has 1 saturated heterocycles. The molecule has 0 aliphatic carbocycles. The number of hydrogen-bond donors (Lipinski definition) is 1. The van der Waals surface area contributed by atoms with Crippen LogP contribution in [0.15, 0.2) is 24.3 Å². The van der Waals surface area contributed by atoms with Crippen LogP contribution in [0.2, 0.25) is 0 Å². The Morgan fingerprint density at radius 1 is 1.43 bits per heavy atom. The van der Waals surface area contributed by atoms with Gasteiger partial charge in [-0.05, 0) is 32.0 Å². The molecule has 1 aromatic rings. The molecule has 1 unspecified atom stereocenters. The highest BCUT2D eigenvalue weighted by atomic mass is 32.1. The first kappa shape index (κ1) is 15.9. The first-order valence-corrected chi connectivity index (χ1v) is 7.71. The van der Waals surface area contributed by atoms with Crippen molar-refractivity contribution in [3.05, 3.63) is 35.4 Å². The summed E-state index contributed by atoms with van der Waals surface area (Å²) < 4.78 is 0. The summed E-state index contributed by atoms with van der Waals surface area (Å²) in [5.41, 5.74) is 7.40. The Hall–Kier alpha value is -1.46. The van der Waals surface area contributed by atoms with Gasteiger partial charge >= 0.3 is 0 Å². The van der Waals surface area contributed by atoms with Crippen molar-refractivity contribution in [3.63, 3.8) is 0 Å². The zero-order chi connectivity index (χ0) is 15.4. The van der Waals surface area contributed by atoms with Crippen LogP contribution in [0.3, 0.4) is 0 Å². The number of nitrogens with zero attached hydrogens (tertiary/aromatic N) is 2. The lowest BCUT2D eigenvalue weighted by Crippen LogP contribution is -2.40. The van der Waals surface area contributed by atoms with Crippen molar-refractivity contribution in [2.24, 2.45) is 5.73 Å². The highest BCUT2D eigenvalue weighted by molar-refractivity contribution is 7.80. The van der Waals surface area contributed by atoms with Crippen molar-refractivity contribution in [2.75, 3.05) is 27.2 Å². The predicted molar refractivity (Wildman–Crippen MR) is 89.3 cm³/mol. The maximum Gasteiger partial charge on any atom is 0.226 e. The summed E-state index contributed by atoms with van der Waals surface area (Å²) in [6, 6.07) is 8.07. The fourth-order valence-electron chi connectivity index (χ4n) is 2.72. The fourth-order valence-corrected chi connectivity index (χ4v) is 2.86. The van der Waals surface area contributed by atoms with Crippen LogP contribution in [0, 0.1) is 0 Å². The molecule has 1 heterocycles. The van der Waals surface area contributed by atoms with Crippen LogP contribution in [-0.2, 0) is 11.2 Å². The van der Waals surface area contributed by atoms with Gasteiger partial charge in [-0.25, -0.2) is 0 Å². The molecular weight excluding hydrogens is 282 g/mol. The number of benzene rings is 1. The molecule has 4 nitrogen and oxygen atoms in total. The third kappa shape index (κ3) is 4.25. The molecule has 21 heavy (non-hydrogen) atoms. The molecule has 1 aromatic carbocycles. The number of hydrogen-bond acceptors (Lipinski definition) is 3. The average molecular weight is 305 g/mol. The molecule has 1 aliphatic rings. The van der Waals surface area contributed by atoms with Gasteiger partial charge in [0.05, 0.1) is 6.42 Å². The van der Waals surface area contributed by atoms with Crippen LogP contribution in [0.1, 0.15) is 24.0 Å². The van der Waals surface area contributed by atoms with E-state index in [4.69, 9.17) is 18.0 Å². The summed E-state index contributed by atoms with van der Waals surface area (Å²) in [7, 11) is 4.02. The van der Waals surface area contributed by atoms with E-state index in [1.165, 1.54) is 12.8 Å². The van der Waals surface area contributed by atoms with Gasteiger partial charge < -0.3 is 15.5 Å². The smallest absolute Gasteiger partial charge is 0.226 e. The van der Waals surface area contributed by atoms with Gasteiger partial charge in [-0.3, -0.25) is 4.79 Å². The van der Waals surface area contributed by atoms with E-state index >= 15 is 0 Å². The van der Waals surface area contributed by atoms with E-state index in [9.17, 15) is 4.79 Å². The van der Waals surface area contributed by atoms with Crippen molar-refractivity contribution in [1.29, 1.82) is 0 Å². The molecule has 114 valence electrons. The molecule has 1 aliphatic heterocycles. The Kier molecular flexibility index (Phi) is 5.31. The monoisotopic (exact) mass is 305 g/mol. The Balaban J connectivity index is 1.89. The number of thiocarbonyl (C=S) groups is 1. The molecular formula is C16H23N3OS. The molecule has 2 rings (SSSR count). The van der Waals surface area contributed by atoms with Gasteiger partial charge in [-0.2, -0.15) is 0 Å². The number of amides is 1. The third-order valence-corrected chi connectivity index (χ3v) is 4.41. The maximum absolute atomic E-state index is 12.3. The molecule has 1 atom stereocenters. The highest BCUT2D eigenvalue weighted by Gasteiger charge is 2.23. The van der Waals surface area contributed by atoms with E-state index in [1.54, 1.807) is 0 Å². The number of carbonyl (C=O) groups excluding carboxylic acids is 1. The minimum atomic E-state index is 0.151. The second-order valence-electron chi connectivity index (χ2n) is 5.79. The number of rotatable bonds is 5. The third-order valence-electron chi connectivity index (χ3n) is 4.18. The van der Waals surface area contributed by atoms with E-state index < -0.39 is 0 Å². The Morgan fingerprint density at radius 3 is 2.62 bits per heavy atom. The van der Waals surface area contributed by atoms with E-state index in [1.807, 2.05) is 36.2 Å². The summed E-state index contributed by atoms with van der Waals surface area (Å²) in [6.07, 6.45) is 2.82. The Bertz CT molecular complexity index is 515. The molecule has 0 saturated carbocycles. The number of likely N-dealkylation sites (N-methyl/N-ethyl adjacent to an activating group) is 2. The second kappa shape index (κ2) is 7.00. The standard InChI is InChI=1S/C16H23N3OS/c1-18-9-3-4-14(18)11-19(2)15(20)10-12-5-7-13(8-6-12)16(17)21/h5-8,14H,3-4,9-11H2,1-2H3,(H2,17,21). The summed E-state index contributed by atoms with van der Waals surface area (Å²) in [5.74, 6) is 0.151. The molecule has 0 radical (unpaired) electrons. The predicted octanol–water partition coefficient (Wildman–Crippen LogP) is 1.42. The summed E-state index contributed by atoms with van der Waals surface area (Å²) >= 11 is 4.92. The lowest BCUT2D eigenvalue weighted by molar-refractivity contribution is -0.129. The van der Waals surface area contributed by atoms with Crippen LogP contribution >= 0.6 is 12.2 Å². The molecule has 0 spiro atoms. The normalized spacial score (nSPS) is 18.7. The summed E-state index contributed by atoms with van der Waals surface area (Å²) in [4.78, 5) is 16.8. The average Bonchev–Trinajstić information content (AvgIpc) is 2.84. The van der Waals surface area contributed by atoms with Crippen LogP contribution in [0.4, 0.5) is 0 Å². The van der Waals surface area contributed by atoms with Crippen LogP contribution in [0.25, 0.3) is 0 Å². The van der Waals surface area contributed by atoms with Crippen LogP contribution in [0.5, 0.6) is 0 Å². The van der Waals surface area contributed by atoms with Crippen molar-refractivity contribution in [1.82, 2.24) is 9.80 Å². The SMILES string of the molecule is CN(CC1CCCN1C)C(=O)Cc1ccc(C(N)=S)cc1. The first-order chi connectivity index (χ1) is 9.97. The molecule has 0 bridgehead atoms. The Morgan fingerprint density at radius 2 is 2.10 bits per heavy atom. The molecule has 5 heteroatoms. The molecule has 2 N–H and O–H groups in total. The van der Waals surface area contributed by atoms with Crippen molar-refractivity contribution < 1.29 is 4.79 Å². The molecule has 1 fully saturated rings. The van der Waals surface area contributed by atoms with Crippen molar-refractivity contribution >= 4 is 23.1 Å². The number of likely N-dealkylation sites (tertiary alicyclic amines) is 1. The van der Waals surface area contributed by atoms with Gasteiger partial charge in [0, 0.05) is 25.2 Å². The summed E-state index contributed by atoms with van der Waals surface area (Å²) in [6.45, 7) is 1.94. The first-order valence-electron chi connectivity index (χ1n) is 7.30. The maximum atomic E-state index is 12.3. The number of nitrogens with two attached hydrogens (primary N) is 1. The van der Waals surface area contributed by atoms with Crippen molar-refractivity contribution in [3.8, 4) is 0 Å². The highest BCUT2D eigenvalue weighted by Crippen LogP contribution is 2.16. The van der Waals surface area contributed by atoms with Gasteiger partial charge in [-0.15, -0.1) is 0 Å². The van der Waals surface area contributed by atoms with Gasteiger partial charge in [0.1, 0.15) is 4.99 Å². The van der Waals surface area contributed by atoms with Gasteiger partial charge in [0.2, 0.25) is 5.91 Å². The van der Waals surface area contributed by atoms with E-state index in [0.29, 0.717) is 17.5 Å². The van der Waals surface area contributed by atoms with Crippen LogP contribution < -0.4 is 5.73 Å². The molecule has 1 amide bonds. The topological polar surface area (TPSA) is 49.6 Å². The van der Waals surface area contributed by atoms with E-state index in [-0.39, 0.29) is 5.91 Å². The Labute approximate surface area is 131 Å².